The van der Waals surface area contributed by atoms with Gasteiger partial charge in [-0.05, 0) is 50.2 Å². The summed E-state index contributed by atoms with van der Waals surface area (Å²) in [6.45, 7) is 4.82. The quantitative estimate of drug-likeness (QED) is 0.620. The van der Waals surface area contributed by atoms with Crippen molar-refractivity contribution in [2.75, 3.05) is 6.54 Å². The molecule has 8 heteroatoms. The normalized spacial score (nSPS) is 12.1. The Kier molecular flexibility index (Phi) is 6.00. The number of aromatic nitrogens is 3. The summed E-state index contributed by atoms with van der Waals surface area (Å²) in [4.78, 5) is 12.1. The van der Waals surface area contributed by atoms with Crippen LogP contribution in [0.2, 0.25) is 5.02 Å². The highest BCUT2D eigenvalue weighted by molar-refractivity contribution is 8.00. The number of hydrogen-bond acceptors (Lipinski definition) is 5. The molecule has 0 unspecified atom stereocenters. The molecular weight excluding hydrogens is 372 g/mol. The third-order valence-electron chi connectivity index (χ3n) is 3.72. The SMILES string of the molecule is CCNC(=O)[C@@H](C)Sc1nnc(-c2ccc(Cl)cc2)n1Cc1ccco1. The number of carbonyl (C=O) groups excluding carboxylic acids is 1. The molecule has 2 aromatic heterocycles. The van der Waals surface area contributed by atoms with Gasteiger partial charge < -0.3 is 9.73 Å². The Balaban J connectivity index is 1.93. The zero-order valence-electron chi connectivity index (χ0n) is 14.5. The van der Waals surface area contributed by atoms with Gasteiger partial charge >= 0.3 is 0 Å². The molecule has 1 amide bonds. The van der Waals surface area contributed by atoms with Crippen LogP contribution in [0.4, 0.5) is 0 Å². The van der Waals surface area contributed by atoms with E-state index in [0.717, 1.165) is 11.3 Å². The maximum atomic E-state index is 12.1. The van der Waals surface area contributed by atoms with Crippen molar-refractivity contribution in [1.29, 1.82) is 0 Å². The molecule has 0 aliphatic heterocycles. The molecule has 0 fully saturated rings. The molecule has 6 nitrogen and oxygen atoms in total. The van der Waals surface area contributed by atoms with Gasteiger partial charge in [-0.3, -0.25) is 9.36 Å². The minimum absolute atomic E-state index is 0.0295. The lowest BCUT2D eigenvalue weighted by molar-refractivity contribution is -0.120. The predicted molar refractivity (Wildman–Crippen MR) is 102 cm³/mol. The van der Waals surface area contributed by atoms with Crippen molar-refractivity contribution in [3.8, 4) is 11.4 Å². The van der Waals surface area contributed by atoms with Gasteiger partial charge in [0.25, 0.3) is 0 Å². The van der Waals surface area contributed by atoms with Crippen molar-refractivity contribution in [1.82, 2.24) is 20.1 Å². The molecule has 136 valence electrons. The van der Waals surface area contributed by atoms with Gasteiger partial charge in [-0.25, -0.2) is 0 Å². The first-order valence-corrected chi connectivity index (χ1v) is 9.50. The van der Waals surface area contributed by atoms with E-state index in [0.29, 0.717) is 29.1 Å². The summed E-state index contributed by atoms with van der Waals surface area (Å²) in [7, 11) is 0. The molecule has 0 radical (unpaired) electrons. The molecule has 0 spiro atoms. The van der Waals surface area contributed by atoms with Gasteiger partial charge in [-0.1, -0.05) is 23.4 Å². The molecular formula is C18H19ClN4O2S. The van der Waals surface area contributed by atoms with E-state index in [-0.39, 0.29) is 11.2 Å². The Hall–Kier alpha value is -2.25. The van der Waals surface area contributed by atoms with Gasteiger partial charge in [0.2, 0.25) is 5.91 Å². The summed E-state index contributed by atoms with van der Waals surface area (Å²) in [5, 5.41) is 12.5. The van der Waals surface area contributed by atoms with Crippen LogP contribution >= 0.6 is 23.4 Å². The molecule has 0 aliphatic rings. The fourth-order valence-electron chi connectivity index (χ4n) is 2.42. The number of halogens is 1. The van der Waals surface area contributed by atoms with E-state index in [1.165, 1.54) is 11.8 Å². The zero-order chi connectivity index (χ0) is 18.5. The topological polar surface area (TPSA) is 73.0 Å². The molecule has 2 heterocycles. The van der Waals surface area contributed by atoms with Crippen LogP contribution in [-0.2, 0) is 11.3 Å². The number of nitrogens with zero attached hydrogens (tertiary/aromatic N) is 3. The summed E-state index contributed by atoms with van der Waals surface area (Å²) in [5.41, 5.74) is 0.894. The maximum absolute atomic E-state index is 12.1. The molecule has 0 bridgehead atoms. The molecule has 26 heavy (non-hydrogen) atoms. The molecule has 3 rings (SSSR count). The summed E-state index contributed by atoms with van der Waals surface area (Å²) >= 11 is 7.35. The van der Waals surface area contributed by atoms with Gasteiger partial charge in [-0.2, -0.15) is 0 Å². The minimum atomic E-state index is -0.285. The molecule has 0 aliphatic carbocycles. The smallest absolute Gasteiger partial charge is 0.233 e. The number of amides is 1. The number of rotatable bonds is 7. The first kappa shape index (κ1) is 18.5. The van der Waals surface area contributed by atoms with Crippen molar-refractivity contribution in [2.45, 2.75) is 30.8 Å². The summed E-state index contributed by atoms with van der Waals surface area (Å²) in [6, 6.07) is 11.2. The summed E-state index contributed by atoms with van der Waals surface area (Å²) in [5.74, 6) is 1.45. The molecule has 0 saturated heterocycles. The van der Waals surface area contributed by atoms with Crippen LogP contribution < -0.4 is 5.32 Å². The third-order valence-corrected chi connectivity index (χ3v) is 5.05. The highest BCUT2D eigenvalue weighted by Gasteiger charge is 2.21. The Morgan fingerprint density at radius 1 is 1.31 bits per heavy atom. The predicted octanol–water partition coefficient (Wildman–Crippen LogP) is 3.86. The minimum Gasteiger partial charge on any atom is -0.467 e. The highest BCUT2D eigenvalue weighted by Crippen LogP contribution is 2.28. The molecule has 0 saturated carbocycles. The summed E-state index contributed by atoms with van der Waals surface area (Å²) in [6.07, 6.45) is 1.63. The van der Waals surface area contributed by atoms with Crippen molar-refractivity contribution >= 4 is 29.3 Å². The lowest BCUT2D eigenvalue weighted by atomic mass is 10.2. The Morgan fingerprint density at radius 3 is 2.73 bits per heavy atom. The van der Waals surface area contributed by atoms with Crippen molar-refractivity contribution in [3.05, 3.63) is 53.4 Å². The van der Waals surface area contributed by atoms with Gasteiger partial charge in [0.15, 0.2) is 11.0 Å². The number of carbonyl (C=O) groups is 1. The first-order chi connectivity index (χ1) is 12.6. The van der Waals surface area contributed by atoms with Crippen molar-refractivity contribution in [3.63, 3.8) is 0 Å². The second-order valence-corrected chi connectivity index (χ2v) is 7.38. The highest BCUT2D eigenvalue weighted by atomic mass is 35.5. The number of nitrogens with one attached hydrogen (secondary N) is 1. The van der Waals surface area contributed by atoms with Crippen LogP contribution in [0.3, 0.4) is 0 Å². The average molecular weight is 391 g/mol. The molecule has 3 aromatic rings. The van der Waals surface area contributed by atoms with E-state index >= 15 is 0 Å². The lowest BCUT2D eigenvalue weighted by Gasteiger charge is -2.12. The van der Waals surface area contributed by atoms with Crippen LogP contribution in [0.15, 0.2) is 52.2 Å². The Labute approximate surface area is 160 Å². The average Bonchev–Trinajstić information content (AvgIpc) is 3.27. The van der Waals surface area contributed by atoms with Gasteiger partial charge in [-0.15, -0.1) is 10.2 Å². The van der Waals surface area contributed by atoms with Gasteiger partial charge in [0, 0.05) is 17.1 Å². The van der Waals surface area contributed by atoms with Crippen LogP contribution in [0.25, 0.3) is 11.4 Å². The van der Waals surface area contributed by atoms with Crippen LogP contribution in [0.1, 0.15) is 19.6 Å². The van der Waals surface area contributed by atoms with Gasteiger partial charge in [0.05, 0.1) is 18.1 Å². The fourth-order valence-corrected chi connectivity index (χ4v) is 3.42. The second-order valence-electron chi connectivity index (χ2n) is 5.63. The standard InChI is InChI=1S/C18H19ClN4O2S/c1-3-20-17(24)12(2)26-18-22-21-16(13-6-8-14(19)9-7-13)23(18)11-15-5-4-10-25-15/h4-10,12H,3,11H2,1-2H3,(H,20,24)/t12-/m1/s1. The fraction of sp³-hybridized carbons (Fsp3) is 0.278. The van der Waals surface area contributed by atoms with Crippen molar-refractivity contribution in [2.24, 2.45) is 0 Å². The molecule has 1 aromatic carbocycles. The van der Waals surface area contributed by atoms with Gasteiger partial charge in [0.1, 0.15) is 5.76 Å². The van der Waals surface area contributed by atoms with E-state index in [1.807, 2.05) is 54.8 Å². The van der Waals surface area contributed by atoms with Crippen LogP contribution in [0, 0.1) is 0 Å². The first-order valence-electron chi connectivity index (χ1n) is 8.24. The van der Waals surface area contributed by atoms with E-state index in [9.17, 15) is 4.79 Å². The van der Waals surface area contributed by atoms with E-state index in [4.69, 9.17) is 16.0 Å². The van der Waals surface area contributed by atoms with Crippen molar-refractivity contribution < 1.29 is 9.21 Å². The number of thioether (sulfide) groups is 1. The Morgan fingerprint density at radius 2 is 2.08 bits per heavy atom. The second kappa shape index (κ2) is 8.42. The zero-order valence-corrected chi connectivity index (χ0v) is 16.0. The van der Waals surface area contributed by atoms with Crippen LogP contribution in [0.5, 0.6) is 0 Å². The summed E-state index contributed by atoms with van der Waals surface area (Å²) < 4.78 is 7.42. The number of furan rings is 1. The van der Waals surface area contributed by atoms with E-state index < -0.39 is 0 Å². The molecule has 1 N–H and O–H groups in total. The number of benzene rings is 1. The molecule has 1 atom stereocenters. The van der Waals surface area contributed by atoms with E-state index in [1.54, 1.807) is 6.26 Å². The Bertz CT molecular complexity index is 862. The number of hydrogen-bond donors (Lipinski definition) is 1. The van der Waals surface area contributed by atoms with Crippen LogP contribution in [-0.4, -0.2) is 32.5 Å². The largest absolute Gasteiger partial charge is 0.467 e. The maximum Gasteiger partial charge on any atom is 0.233 e. The lowest BCUT2D eigenvalue weighted by Crippen LogP contribution is -2.30. The third kappa shape index (κ3) is 4.28. The van der Waals surface area contributed by atoms with E-state index in [2.05, 4.69) is 15.5 Å². The monoisotopic (exact) mass is 390 g/mol.